The van der Waals surface area contributed by atoms with Crippen LogP contribution in [0.1, 0.15) is 31.7 Å². The van der Waals surface area contributed by atoms with Crippen LogP contribution >= 0.6 is 0 Å². The average molecular weight is 379 g/mol. The number of nitrogens with one attached hydrogen (secondary N) is 2. The highest BCUT2D eigenvalue weighted by molar-refractivity contribution is 7.91. The summed E-state index contributed by atoms with van der Waals surface area (Å²) in [6.07, 6.45) is 0.703. The standard InChI is InChI=1S/C17H21N3O5S/c1-2-17(13-6-4-3-5-7-13)15(22)20(16(23)18-17)19-14(21)10-12-8-9-26(24,25)11-12/h3-7,12H,2,8-11H2,1H3,(H,18,23)(H,19,21)/t12-,17-/m0/s1. The van der Waals surface area contributed by atoms with E-state index >= 15 is 0 Å². The molecule has 2 fully saturated rings. The van der Waals surface area contributed by atoms with Gasteiger partial charge in [0, 0.05) is 6.42 Å². The van der Waals surface area contributed by atoms with Gasteiger partial charge in [0.05, 0.1) is 11.5 Å². The average Bonchev–Trinajstić information content (AvgIpc) is 3.07. The monoisotopic (exact) mass is 379 g/mol. The number of benzene rings is 1. The Balaban J connectivity index is 1.72. The molecule has 0 spiro atoms. The van der Waals surface area contributed by atoms with E-state index in [2.05, 4.69) is 10.7 Å². The Hall–Kier alpha value is -2.42. The normalized spacial score (nSPS) is 27.4. The Morgan fingerprint density at radius 2 is 2.00 bits per heavy atom. The second-order valence-electron chi connectivity index (χ2n) is 6.70. The van der Waals surface area contributed by atoms with Crippen molar-refractivity contribution in [2.45, 2.75) is 31.7 Å². The highest BCUT2D eigenvalue weighted by Crippen LogP contribution is 2.31. The third kappa shape index (κ3) is 3.31. The van der Waals surface area contributed by atoms with Crippen molar-refractivity contribution in [1.82, 2.24) is 15.8 Å². The van der Waals surface area contributed by atoms with Gasteiger partial charge in [0.25, 0.3) is 5.91 Å². The fourth-order valence-electron chi connectivity index (χ4n) is 3.50. The molecule has 8 nitrogen and oxygen atoms in total. The van der Waals surface area contributed by atoms with Crippen molar-refractivity contribution in [3.63, 3.8) is 0 Å². The molecule has 2 atom stereocenters. The zero-order valence-corrected chi connectivity index (χ0v) is 15.2. The van der Waals surface area contributed by atoms with Crippen molar-refractivity contribution in [3.05, 3.63) is 35.9 Å². The van der Waals surface area contributed by atoms with Gasteiger partial charge in [0.2, 0.25) is 5.91 Å². The van der Waals surface area contributed by atoms with E-state index < -0.39 is 33.2 Å². The van der Waals surface area contributed by atoms with Crippen LogP contribution in [0.2, 0.25) is 0 Å². The van der Waals surface area contributed by atoms with E-state index in [0.29, 0.717) is 23.4 Å². The zero-order valence-electron chi connectivity index (χ0n) is 14.4. The molecule has 0 radical (unpaired) electrons. The maximum atomic E-state index is 12.9. The molecule has 2 aliphatic heterocycles. The number of carbonyl (C=O) groups is 3. The van der Waals surface area contributed by atoms with Gasteiger partial charge in [0.1, 0.15) is 5.54 Å². The van der Waals surface area contributed by atoms with Gasteiger partial charge in [-0.25, -0.2) is 13.2 Å². The minimum Gasteiger partial charge on any atom is -0.318 e. The number of hydrogen-bond donors (Lipinski definition) is 2. The van der Waals surface area contributed by atoms with Gasteiger partial charge in [-0.15, -0.1) is 0 Å². The summed E-state index contributed by atoms with van der Waals surface area (Å²) in [4.78, 5) is 37.4. The summed E-state index contributed by atoms with van der Waals surface area (Å²) in [5.41, 5.74) is 1.75. The Labute approximate surface area is 151 Å². The van der Waals surface area contributed by atoms with E-state index in [4.69, 9.17) is 0 Å². The molecule has 140 valence electrons. The molecule has 0 aromatic heterocycles. The van der Waals surface area contributed by atoms with Crippen LogP contribution in [0.5, 0.6) is 0 Å². The van der Waals surface area contributed by atoms with E-state index in [9.17, 15) is 22.8 Å². The molecule has 2 aliphatic rings. The molecule has 2 N–H and O–H groups in total. The molecule has 1 aromatic carbocycles. The minimum absolute atomic E-state index is 0.0382. The maximum Gasteiger partial charge on any atom is 0.344 e. The number of urea groups is 1. The molecule has 1 aromatic rings. The van der Waals surface area contributed by atoms with Gasteiger partial charge in [-0.2, -0.15) is 5.01 Å². The Kier molecular flexibility index (Phi) is 4.74. The number of rotatable bonds is 5. The second kappa shape index (κ2) is 6.71. The number of amides is 4. The van der Waals surface area contributed by atoms with Crippen LogP contribution in [-0.4, -0.2) is 42.8 Å². The molecule has 2 heterocycles. The van der Waals surface area contributed by atoms with Gasteiger partial charge in [-0.1, -0.05) is 37.3 Å². The topological polar surface area (TPSA) is 113 Å². The van der Waals surface area contributed by atoms with Crippen molar-refractivity contribution in [2.24, 2.45) is 5.92 Å². The molecule has 26 heavy (non-hydrogen) atoms. The van der Waals surface area contributed by atoms with Crippen molar-refractivity contribution in [1.29, 1.82) is 0 Å². The summed E-state index contributed by atoms with van der Waals surface area (Å²) < 4.78 is 23.0. The van der Waals surface area contributed by atoms with Crippen LogP contribution in [0.4, 0.5) is 4.79 Å². The second-order valence-corrected chi connectivity index (χ2v) is 8.93. The van der Waals surface area contributed by atoms with Crippen LogP contribution in [0.25, 0.3) is 0 Å². The molecule has 0 saturated carbocycles. The van der Waals surface area contributed by atoms with E-state index in [0.717, 1.165) is 0 Å². The first-order valence-electron chi connectivity index (χ1n) is 8.49. The smallest absolute Gasteiger partial charge is 0.318 e. The first-order valence-corrected chi connectivity index (χ1v) is 10.3. The van der Waals surface area contributed by atoms with Crippen molar-refractivity contribution in [3.8, 4) is 0 Å². The molecule has 3 rings (SSSR count). The Morgan fingerprint density at radius 1 is 1.31 bits per heavy atom. The lowest BCUT2D eigenvalue weighted by molar-refractivity contribution is -0.139. The highest BCUT2D eigenvalue weighted by atomic mass is 32.2. The van der Waals surface area contributed by atoms with Crippen molar-refractivity contribution < 1.29 is 22.8 Å². The first kappa shape index (κ1) is 18.4. The maximum absolute atomic E-state index is 12.9. The molecular weight excluding hydrogens is 358 g/mol. The SMILES string of the molecule is CC[C@@]1(c2ccccc2)NC(=O)N(NC(=O)C[C@@H]2CCS(=O)(=O)C2)C1=O. The first-order chi connectivity index (χ1) is 12.3. The Bertz CT molecular complexity index is 839. The summed E-state index contributed by atoms with van der Waals surface area (Å²) in [5.74, 6) is -1.35. The third-order valence-electron chi connectivity index (χ3n) is 4.93. The summed E-state index contributed by atoms with van der Waals surface area (Å²) in [5, 5.41) is 3.37. The summed E-state index contributed by atoms with van der Waals surface area (Å²) >= 11 is 0. The molecule has 9 heteroatoms. The minimum atomic E-state index is -3.09. The molecule has 4 amide bonds. The van der Waals surface area contributed by atoms with E-state index in [1.807, 2.05) is 6.07 Å². The third-order valence-corrected chi connectivity index (χ3v) is 6.76. The van der Waals surface area contributed by atoms with Crippen LogP contribution in [-0.2, 0) is 25.0 Å². The molecule has 0 aliphatic carbocycles. The van der Waals surface area contributed by atoms with Gasteiger partial charge >= 0.3 is 6.03 Å². The lowest BCUT2D eigenvalue weighted by Gasteiger charge is -2.25. The lowest BCUT2D eigenvalue weighted by Crippen LogP contribution is -2.48. The summed E-state index contributed by atoms with van der Waals surface area (Å²) in [6, 6.07) is 8.14. The summed E-state index contributed by atoms with van der Waals surface area (Å²) in [6.45, 7) is 1.78. The molecule has 2 saturated heterocycles. The van der Waals surface area contributed by atoms with Gasteiger partial charge in [0.15, 0.2) is 9.84 Å². The predicted molar refractivity (Wildman–Crippen MR) is 93.3 cm³/mol. The molecule has 0 unspecified atom stereocenters. The van der Waals surface area contributed by atoms with Crippen molar-refractivity contribution >= 4 is 27.7 Å². The predicted octanol–water partition coefficient (Wildman–Crippen LogP) is 0.700. The Morgan fingerprint density at radius 3 is 2.58 bits per heavy atom. The largest absolute Gasteiger partial charge is 0.344 e. The van der Waals surface area contributed by atoms with Gasteiger partial charge < -0.3 is 5.32 Å². The van der Waals surface area contributed by atoms with E-state index in [1.165, 1.54) is 0 Å². The number of sulfone groups is 1. The number of hydrogen-bond acceptors (Lipinski definition) is 5. The molecule has 0 bridgehead atoms. The van der Waals surface area contributed by atoms with E-state index in [1.54, 1.807) is 31.2 Å². The van der Waals surface area contributed by atoms with E-state index in [-0.39, 0.29) is 23.8 Å². The number of imide groups is 1. The summed E-state index contributed by atoms with van der Waals surface area (Å²) in [7, 11) is -3.09. The fourth-order valence-corrected chi connectivity index (χ4v) is 5.37. The number of hydrazine groups is 1. The van der Waals surface area contributed by atoms with Crippen molar-refractivity contribution in [2.75, 3.05) is 11.5 Å². The number of carbonyl (C=O) groups excluding carboxylic acids is 3. The highest BCUT2D eigenvalue weighted by Gasteiger charge is 2.52. The van der Waals surface area contributed by atoms with Crippen LogP contribution < -0.4 is 10.7 Å². The van der Waals surface area contributed by atoms with Crippen LogP contribution in [0.3, 0.4) is 0 Å². The van der Waals surface area contributed by atoms with Gasteiger partial charge in [-0.05, 0) is 24.3 Å². The molecular formula is C17H21N3O5S. The van der Waals surface area contributed by atoms with Crippen LogP contribution in [0, 0.1) is 5.92 Å². The lowest BCUT2D eigenvalue weighted by atomic mass is 9.87. The number of nitrogens with zero attached hydrogens (tertiary/aromatic N) is 1. The quantitative estimate of drug-likeness (QED) is 0.731. The van der Waals surface area contributed by atoms with Crippen LogP contribution in [0.15, 0.2) is 30.3 Å². The zero-order chi connectivity index (χ0) is 18.9. The van der Waals surface area contributed by atoms with Gasteiger partial charge in [-0.3, -0.25) is 15.0 Å². The fraction of sp³-hybridized carbons (Fsp3) is 0.471.